The van der Waals surface area contributed by atoms with Gasteiger partial charge in [-0.25, -0.2) is 8.78 Å². The van der Waals surface area contributed by atoms with Gasteiger partial charge in [-0.05, 0) is 42.9 Å². The fourth-order valence-electron chi connectivity index (χ4n) is 3.30. The van der Waals surface area contributed by atoms with E-state index in [-0.39, 0.29) is 11.5 Å². The van der Waals surface area contributed by atoms with Crippen LogP contribution in [0, 0.1) is 18.6 Å². The fourth-order valence-corrected chi connectivity index (χ4v) is 3.30. The highest BCUT2D eigenvalue weighted by Gasteiger charge is 2.29. The third-order valence-corrected chi connectivity index (χ3v) is 4.51. The van der Waals surface area contributed by atoms with Crippen molar-refractivity contribution in [1.29, 1.82) is 0 Å². The highest BCUT2D eigenvalue weighted by atomic mass is 19.2. The second-order valence-electron chi connectivity index (χ2n) is 5.82. The maximum Gasteiger partial charge on any atom is 0.163 e. The lowest BCUT2D eigenvalue weighted by molar-refractivity contribution is 0.438. The van der Waals surface area contributed by atoms with Crippen LogP contribution in [-0.4, -0.2) is 0 Å². The molecule has 2 N–H and O–H groups in total. The van der Waals surface area contributed by atoms with Crippen LogP contribution in [-0.2, 0) is 6.42 Å². The Balaban J connectivity index is 2.01. The van der Waals surface area contributed by atoms with E-state index in [1.165, 1.54) is 11.1 Å². The van der Waals surface area contributed by atoms with Crippen molar-refractivity contribution in [3.05, 3.63) is 70.3 Å². The molecule has 1 aliphatic carbocycles. The average Bonchev–Trinajstić information content (AvgIpc) is 2.51. The fraction of sp³-hybridized carbons (Fsp3) is 0.333. The highest BCUT2D eigenvalue weighted by molar-refractivity contribution is 5.37. The number of aryl methyl sites for hydroxylation is 2. The maximum absolute atomic E-state index is 14.2. The van der Waals surface area contributed by atoms with Crippen LogP contribution in [0.25, 0.3) is 0 Å². The Morgan fingerprint density at radius 2 is 1.86 bits per heavy atom. The molecular weight excluding hydrogens is 268 g/mol. The molecule has 3 rings (SSSR count). The number of benzene rings is 2. The van der Waals surface area contributed by atoms with Gasteiger partial charge in [-0.15, -0.1) is 0 Å². The summed E-state index contributed by atoms with van der Waals surface area (Å²) in [4.78, 5) is 0. The third-order valence-electron chi connectivity index (χ3n) is 4.51. The Hall–Kier alpha value is -1.74. The van der Waals surface area contributed by atoms with Gasteiger partial charge < -0.3 is 5.73 Å². The van der Waals surface area contributed by atoms with Gasteiger partial charge in [0.15, 0.2) is 11.6 Å². The number of fused-ring (bicyclic) bond motifs is 1. The molecule has 1 nitrogen and oxygen atoms in total. The predicted octanol–water partition coefficient (Wildman–Crippen LogP) is 4.39. The summed E-state index contributed by atoms with van der Waals surface area (Å²) in [5.41, 5.74) is 9.34. The Morgan fingerprint density at radius 1 is 1.10 bits per heavy atom. The number of rotatable bonds is 2. The number of halogens is 2. The quantitative estimate of drug-likeness (QED) is 0.870. The Bertz CT molecular complexity index is 666. The van der Waals surface area contributed by atoms with Crippen LogP contribution in [0.15, 0.2) is 36.4 Å². The van der Waals surface area contributed by atoms with Gasteiger partial charge in [0.1, 0.15) is 0 Å². The van der Waals surface area contributed by atoms with E-state index in [1.807, 2.05) is 12.1 Å². The molecule has 0 aromatic heterocycles. The van der Waals surface area contributed by atoms with Crippen LogP contribution in [0.1, 0.15) is 47.1 Å². The number of hydrogen-bond donors (Lipinski definition) is 1. The Kier molecular flexibility index (Phi) is 3.77. The minimum absolute atomic E-state index is 0.0477. The minimum atomic E-state index is -0.800. The van der Waals surface area contributed by atoms with Gasteiger partial charge in [0, 0.05) is 17.5 Å². The summed E-state index contributed by atoms with van der Waals surface area (Å²) in [6, 6.07) is 10.9. The maximum atomic E-state index is 14.2. The van der Waals surface area contributed by atoms with Crippen molar-refractivity contribution >= 4 is 0 Å². The van der Waals surface area contributed by atoms with E-state index >= 15 is 0 Å². The van der Waals surface area contributed by atoms with Crippen molar-refractivity contribution in [1.82, 2.24) is 0 Å². The van der Waals surface area contributed by atoms with Gasteiger partial charge in [-0.2, -0.15) is 0 Å². The van der Waals surface area contributed by atoms with E-state index in [9.17, 15) is 8.78 Å². The van der Waals surface area contributed by atoms with Crippen LogP contribution in [0.4, 0.5) is 8.78 Å². The van der Waals surface area contributed by atoms with Gasteiger partial charge in [0.05, 0.1) is 0 Å². The van der Waals surface area contributed by atoms with E-state index in [1.54, 1.807) is 19.1 Å². The standard InChI is InChI=1S/C18H19F2N/c1-11-9-10-15(17(20)16(11)19)18(21)14-8-4-6-12-5-2-3-7-13(12)14/h2-3,5,7,9-10,14,18H,4,6,8,21H2,1H3. The van der Waals surface area contributed by atoms with Gasteiger partial charge >= 0.3 is 0 Å². The zero-order valence-electron chi connectivity index (χ0n) is 12.1. The summed E-state index contributed by atoms with van der Waals surface area (Å²) in [6.45, 7) is 1.56. The second-order valence-corrected chi connectivity index (χ2v) is 5.82. The van der Waals surface area contributed by atoms with Gasteiger partial charge in [-0.1, -0.05) is 36.4 Å². The van der Waals surface area contributed by atoms with Crippen molar-refractivity contribution in [3.63, 3.8) is 0 Å². The van der Waals surface area contributed by atoms with Gasteiger partial charge in [0.2, 0.25) is 0 Å². The SMILES string of the molecule is Cc1ccc(C(N)C2CCCc3ccccc32)c(F)c1F. The van der Waals surface area contributed by atoms with Crippen LogP contribution >= 0.6 is 0 Å². The normalized spacial score (nSPS) is 19.1. The molecule has 2 atom stereocenters. The van der Waals surface area contributed by atoms with Crippen LogP contribution in [0.5, 0.6) is 0 Å². The van der Waals surface area contributed by atoms with Crippen molar-refractivity contribution in [2.75, 3.05) is 0 Å². The highest BCUT2D eigenvalue weighted by Crippen LogP contribution is 2.40. The summed E-state index contributed by atoms with van der Waals surface area (Å²) in [5.74, 6) is -1.54. The summed E-state index contributed by atoms with van der Waals surface area (Å²) in [6.07, 6.45) is 2.97. The Morgan fingerprint density at radius 3 is 2.67 bits per heavy atom. The van der Waals surface area contributed by atoms with E-state index in [2.05, 4.69) is 12.1 Å². The first kappa shape index (κ1) is 14.2. The molecule has 3 heteroatoms. The monoisotopic (exact) mass is 287 g/mol. The molecule has 0 amide bonds. The largest absolute Gasteiger partial charge is 0.323 e. The molecule has 2 unspecified atom stereocenters. The first-order valence-electron chi connectivity index (χ1n) is 7.37. The van der Waals surface area contributed by atoms with Crippen molar-refractivity contribution < 1.29 is 8.78 Å². The number of hydrogen-bond acceptors (Lipinski definition) is 1. The predicted molar refractivity (Wildman–Crippen MR) is 80.1 cm³/mol. The molecule has 0 bridgehead atoms. The zero-order chi connectivity index (χ0) is 15.0. The molecule has 1 aliphatic rings. The summed E-state index contributed by atoms with van der Waals surface area (Å²) < 4.78 is 28.0. The molecule has 0 aliphatic heterocycles. The van der Waals surface area contributed by atoms with Crippen molar-refractivity contribution in [2.45, 2.75) is 38.1 Å². The molecule has 2 aromatic rings. The van der Waals surface area contributed by atoms with E-state index in [0.29, 0.717) is 5.56 Å². The second kappa shape index (κ2) is 5.57. The molecule has 110 valence electrons. The van der Waals surface area contributed by atoms with Crippen LogP contribution < -0.4 is 5.73 Å². The van der Waals surface area contributed by atoms with Crippen molar-refractivity contribution in [2.24, 2.45) is 5.73 Å². The van der Waals surface area contributed by atoms with Crippen molar-refractivity contribution in [3.8, 4) is 0 Å². The topological polar surface area (TPSA) is 26.0 Å². The first-order valence-corrected chi connectivity index (χ1v) is 7.37. The lowest BCUT2D eigenvalue weighted by atomic mass is 9.77. The van der Waals surface area contributed by atoms with E-state index < -0.39 is 17.7 Å². The smallest absolute Gasteiger partial charge is 0.163 e. The number of nitrogens with two attached hydrogens (primary N) is 1. The third kappa shape index (κ3) is 2.46. The molecule has 21 heavy (non-hydrogen) atoms. The molecule has 0 spiro atoms. The molecule has 0 heterocycles. The lowest BCUT2D eigenvalue weighted by Gasteiger charge is -2.30. The minimum Gasteiger partial charge on any atom is -0.323 e. The van der Waals surface area contributed by atoms with Crippen LogP contribution in [0.3, 0.4) is 0 Å². The Labute approximate surface area is 123 Å². The molecular formula is C18H19F2N. The molecule has 2 aromatic carbocycles. The lowest BCUT2D eigenvalue weighted by Crippen LogP contribution is -2.25. The first-order chi connectivity index (χ1) is 10.1. The van der Waals surface area contributed by atoms with Gasteiger partial charge in [-0.3, -0.25) is 0 Å². The molecule has 0 radical (unpaired) electrons. The molecule has 0 fully saturated rings. The van der Waals surface area contributed by atoms with Gasteiger partial charge in [0.25, 0.3) is 0 Å². The summed E-state index contributed by atoms with van der Waals surface area (Å²) in [5, 5.41) is 0. The zero-order valence-corrected chi connectivity index (χ0v) is 12.1. The molecule has 0 saturated carbocycles. The van der Waals surface area contributed by atoms with E-state index in [4.69, 9.17) is 5.73 Å². The van der Waals surface area contributed by atoms with E-state index in [0.717, 1.165) is 19.3 Å². The summed E-state index contributed by atoms with van der Waals surface area (Å²) in [7, 11) is 0. The summed E-state index contributed by atoms with van der Waals surface area (Å²) >= 11 is 0. The average molecular weight is 287 g/mol. The molecule has 0 saturated heterocycles. The van der Waals surface area contributed by atoms with Crippen LogP contribution in [0.2, 0.25) is 0 Å².